The van der Waals surface area contributed by atoms with Gasteiger partial charge in [-0.1, -0.05) is 47.7 Å². The van der Waals surface area contributed by atoms with Gasteiger partial charge in [-0.25, -0.2) is 4.79 Å². The third kappa shape index (κ3) is 4.10. The number of hydrogen-bond donors (Lipinski definition) is 2. The lowest BCUT2D eigenvalue weighted by atomic mass is 10.1. The molecule has 120 valence electrons. The van der Waals surface area contributed by atoms with Crippen LogP contribution in [0.5, 0.6) is 0 Å². The third-order valence-corrected chi connectivity index (χ3v) is 4.53. The van der Waals surface area contributed by atoms with Crippen LogP contribution in [0.1, 0.15) is 12.0 Å². The molecule has 0 saturated carbocycles. The molecular formula is C14H11ClN2O4S2. The normalized spacial score (nSPS) is 17.6. The van der Waals surface area contributed by atoms with Crippen molar-refractivity contribution in [3.05, 3.63) is 39.8 Å². The fourth-order valence-electron chi connectivity index (χ4n) is 1.98. The lowest BCUT2D eigenvalue weighted by Gasteiger charge is -2.21. The van der Waals surface area contributed by atoms with Gasteiger partial charge in [0.25, 0.3) is 5.91 Å². The van der Waals surface area contributed by atoms with E-state index in [1.807, 2.05) is 0 Å². The average molecular weight is 371 g/mol. The van der Waals surface area contributed by atoms with Crippen LogP contribution in [-0.2, 0) is 14.4 Å². The molecule has 1 aromatic rings. The number of nitrogens with two attached hydrogens (primary N) is 1. The molecule has 1 saturated heterocycles. The molecule has 0 spiro atoms. The maximum atomic E-state index is 12.4. The molecule has 0 aromatic heterocycles. The largest absolute Gasteiger partial charge is 0.480 e. The van der Waals surface area contributed by atoms with Crippen LogP contribution < -0.4 is 5.73 Å². The molecular weight excluding hydrogens is 360 g/mol. The number of primary amides is 1. The molecule has 0 radical (unpaired) electrons. The first-order valence-corrected chi connectivity index (χ1v) is 7.93. The molecule has 1 unspecified atom stereocenters. The van der Waals surface area contributed by atoms with Crippen LogP contribution in [0.4, 0.5) is 0 Å². The number of halogens is 1. The Labute approximate surface area is 146 Å². The van der Waals surface area contributed by atoms with Gasteiger partial charge in [0.1, 0.15) is 10.4 Å². The number of hydrogen-bond acceptors (Lipinski definition) is 5. The van der Waals surface area contributed by atoms with Gasteiger partial charge in [-0.3, -0.25) is 14.5 Å². The number of amides is 2. The van der Waals surface area contributed by atoms with Gasteiger partial charge in [0, 0.05) is 5.02 Å². The van der Waals surface area contributed by atoms with Crippen LogP contribution in [0.2, 0.25) is 5.02 Å². The fourth-order valence-corrected chi connectivity index (χ4v) is 3.53. The van der Waals surface area contributed by atoms with Crippen molar-refractivity contribution in [3.63, 3.8) is 0 Å². The number of carboxylic acid groups (broad SMARTS) is 1. The Morgan fingerprint density at radius 1 is 1.48 bits per heavy atom. The van der Waals surface area contributed by atoms with Crippen molar-refractivity contribution in [1.82, 2.24) is 4.90 Å². The fraction of sp³-hybridized carbons (Fsp3) is 0.143. The molecule has 1 aliphatic rings. The molecule has 3 N–H and O–H groups in total. The molecule has 6 nitrogen and oxygen atoms in total. The second-order valence-corrected chi connectivity index (χ2v) is 6.74. The number of rotatable bonds is 5. The first-order chi connectivity index (χ1) is 10.8. The highest BCUT2D eigenvalue weighted by atomic mass is 35.5. The number of carbonyl (C=O) groups excluding carboxylic acids is 2. The van der Waals surface area contributed by atoms with Gasteiger partial charge in [0.2, 0.25) is 5.91 Å². The summed E-state index contributed by atoms with van der Waals surface area (Å²) < 4.78 is 0.0666. The van der Waals surface area contributed by atoms with Gasteiger partial charge in [-0.05, 0) is 23.8 Å². The van der Waals surface area contributed by atoms with Crippen molar-refractivity contribution in [2.24, 2.45) is 5.73 Å². The van der Waals surface area contributed by atoms with Gasteiger partial charge in [0.05, 0.1) is 11.3 Å². The number of benzene rings is 1. The number of thiocarbonyl (C=S) groups is 1. The Morgan fingerprint density at radius 3 is 2.74 bits per heavy atom. The second-order valence-electron chi connectivity index (χ2n) is 4.63. The number of thioether (sulfide) groups is 1. The Hall–Kier alpha value is -1.90. The summed E-state index contributed by atoms with van der Waals surface area (Å²) in [6.07, 6.45) is 1.06. The summed E-state index contributed by atoms with van der Waals surface area (Å²) in [5.41, 5.74) is 5.73. The predicted octanol–water partition coefficient (Wildman–Crippen LogP) is 1.87. The van der Waals surface area contributed by atoms with E-state index < -0.39 is 30.2 Å². The summed E-state index contributed by atoms with van der Waals surface area (Å²) in [4.78, 5) is 35.9. The molecule has 1 fully saturated rings. The first-order valence-electron chi connectivity index (χ1n) is 6.33. The number of carbonyl (C=O) groups is 3. The monoisotopic (exact) mass is 370 g/mol. The van der Waals surface area contributed by atoms with Crippen LogP contribution in [0.15, 0.2) is 29.2 Å². The summed E-state index contributed by atoms with van der Waals surface area (Å²) in [5, 5.41) is 9.73. The Balaban J connectivity index is 2.32. The van der Waals surface area contributed by atoms with Crippen molar-refractivity contribution in [3.8, 4) is 0 Å². The SMILES string of the molecule is NC(=O)CC(C(=O)O)N1C(=O)/C(=C/c2cccc(Cl)c2)SC1=S. The molecule has 23 heavy (non-hydrogen) atoms. The zero-order valence-corrected chi connectivity index (χ0v) is 14.0. The minimum atomic E-state index is -1.41. The molecule has 2 rings (SSSR count). The highest BCUT2D eigenvalue weighted by Gasteiger charge is 2.41. The maximum Gasteiger partial charge on any atom is 0.327 e. The van der Waals surface area contributed by atoms with Crippen molar-refractivity contribution in [1.29, 1.82) is 0 Å². The van der Waals surface area contributed by atoms with Gasteiger partial charge < -0.3 is 10.8 Å². The summed E-state index contributed by atoms with van der Waals surface area (Å²) in [7, 11) is 0. The number of carboxylic acids is 1. The average Bonchev–Trinajstić information content (AvgIpc) is 2.71. The molecule has 2 amide bonds. The molecule has 0 aliphatic carbocycles. The molecule has 1 aliphatic heterocycles. The van der Waals surface area contributed by atoms with Gasteiger partial charge >= 0.3 is 5.97 Å². The minimum Gasteiger partial charge on any atom is -0.480 e. The highest BCUT2D eigenvalue weighted by Crippen LogP contribution is 2.34. The van der Waals surface area contributed by atoms with Gasteiger partial charge in [-0.2, -0.15) is 0 Å². The number of aliphatic carboxylic acids is 1. The first kappa shape index (κ1) is 17.5. The summed E-state index contributed by atoms with van der Waals surface area (Å²) in [5.74, 6) is -2.75. The van der Waals surface area contributed by atoms with E-state index in [1.54, 1.807) is 30.3 Å². The maximum absolute atomic E-state index is 12.4. The van der Waals surface area contributed by atoms with Crippen molar-refractivity contribution >= 4 is 63.8 Å². The van der Waals surface area contributed by atoms with Crippen LogP contribution >= 0.6 is 35.6 Å². The van der Waals surface area contributed by atoms with Crippen LogP contribution in [-0.4, -0.2) is 38.2 Å². The topological polar surface area (TPSA) is 101 Å². The zero-order chi connectivity index (χ0) is 17.1. The van der Waals surface area contributed by atoms with E-state index in [1.165, 1.54) is 0 Å². The van der Waals surface area contributed by atoms with E-state index in [-0.39, 0.29) is 9.23 Å². The van der Waals surface area contributed by atoms with E-state index in [0.29, 0.717) is 10.6 Å². The quantitative estimate of drug-likeness (QED) is 0.606. The van der Waals surface area contributed by atoms with E-state index in [0.717, 1.165) is 16.7 Å². The van der Waals surface area contributed by atoms with E-state index >= 15 is 0 Å². The van der Waals surface area contributed by atoms with Crippen molar-refractivity contribution in [2.75, 3.05) is 0 Å². The summed E-state index contributed by atoms with van der Waals surface area (Å²) in [6, 6.07) is 5.41. The smallest absolute Gasteiger partial charge is 0.327 e. The Morgan fingerprint density at radius 2 is 2.17 bits per heavy atom. The van der Waals surface area contributed by atoms with E-state index in [2.05, 4.69) is 0 Å². The zero-order valence-electron chi connectivity index (χ0n) is 11.6. The van der Waals surface area contributed by atoms with Crippen LogP contribution in [0, 0.1) is 0 Å². The lowest BCUT2D eigenvalue weighted by molar-refractivity contribution is -0.146. The molecule has 1 atom stereocenters. The van der Waals surface area contributed by atoms with Gasteiger partial charge in [0.15, 0.2) is 0 Å². The second kappa shape index (κ2) is 7.12. The molecule has 0 bridgehead atoms. The van der Waals surface area contributed by atoms with Crippen LogP contribution in [0.3, 0.4) is 0 Å². The van der Waals surface area contributed by atoms with E-state index in [4.69, 9.17) is 29.6 Å². The highest BCUT2D eigenvalue weighted by molar-refractivity contribution is 8.26. The molecule has 1 heterocycles. The lowest BCUT2D eigenvalue weighted by Crippen LogP contribution is -2.46. The predicted molar refractivity (Wildman–Crippen MR) is 91.7 cm³/mol. The summed E-state index contributed by atoms with van der Waals surface area (Å²) >= 11 is 11.9. The number of nitrogens with zero attached hydrogens (tertiary/aromatic N) is 1. The third-order valence-electron chi connectivity index (χ3n) is 2.96. The molecule has 9 heteroatoms. The van der Waals surface area contributed by atoms with Crippen molar-refractivity contribution in [2.45, 2.75) is 12.5 Å². The summed E-state index contributed by atoms with van der Waals surface area (Å²) in [6.45, 7) is 0. The van der Waals surface area contributed by atoms with Gasteiger partial charge in [-0.15, -0.1) is 0 Å². The standard InChI is InChI=1S/C14H11ClN2O4S2/c15-8-3-1-2-7(4-8)5-10-12(19)17(14(22)23-10)9(13(20)21)6-11(16)18/h1-5,9H,6H2,(H2,16,18)(H,20,21)/b10-5-. The van der Waals surface area contributed by atoms with Crippen LogP contribution in [0.25, 0.3) is 6.08 Å². The van der Waals surface area contributed by atoms with Crippen molar-refractivity contribution < 1.29 is 19.5 Å². The Bertz CT molecular complexity index is 735. The minimum absolute atomic E-state index is 0.0666. The Kier molecular flexibility index (Phi) is 5.40. The van der Waals surface area contributed by atoms with E-state index in [9.17, 15) is 19.5 Å². The molecule has 1 aromatic carbocycles.